The van der Waals surface area contributed by atoms with Gasteiger partial charge < -0.3 is 19.5 Å². The van der Waals surface area contributed by atoms with Crippen molar-refractivity contribution in [1.29, 1.82) is 0 Å². The van der Waals surface area contributed by atoms with E-state index >= 15 is 0 Å². The summed E-state index contributed by atoms with van der Waals surface area (Å²) in [5, 5.41) is 12.4. The number of allylic oxidation sites excluding steroid dienone is 1. The Labute approximate surface area is 157 Å². The van der Waals surface area contributed by atoms with E-state index in [9.17, 15) is 14.7 Å². The van der Waals surface area contributed by atoms with Gasteiger partial charge in [0.25, 0.3) is 0 Å². The van der Waals surface area contributed by atoms with Gasteiger partial charge in [-0.05, 0) is 36.3 Å². The summed E-state index contributed by atoms with van der Waals surface area (Å²) in [5.41, 5.74) is 2.70. The van der Waals surface area contributed by atoms with Crippen molar-refractivity contribution in [2.24, 2.45) is 0 Å². The molecule has 1 N–H and O–H groups in total. The maximum atomic E-state index is 12.8. The van der Waals surface area contributed by atoms with Crippen molar-refractivity contribution in [3.05, 3.63) is 63.9 Å². The molecule has 3 rings (SSSR count). The van der Waals surface area contributed by atoms with Crippen molar-refractivity contribution in [3.8, 4) is 11.5 Å². The molecule has 6 heteroatoms. The van der Waals surface area contributed by atoms with Gasteiger partial charge in [-0.1, -0.05) is 23.9 Å². The van der Waals surface area contributed by atoms with Gasteiger partial charge in [0.2, 0.25) is 5.78 Å². The molecule has 140 valence electrons. The third kappa shape index (κ3) is 3.57. The van der Waals surface area contributed by atoms with E-state index < -0.39 is 5.97 Å². The summed E-state index contributed by atoms with van der Waals surface area (Å²) in [7, 11) is 5.18. The average Bonchev–Trinajstić information content (AvgIpc) is 2.95. The second-order valence-corrected chi connectivity index (χ2v) is 6.81. The number of methoxy groups -OCH3 is 1. The number of quaternary nitrogens is 1. The molecule has 1 heterocycles. The monoisotopic (exact) mass is 367 g/mol. The molecule has 0 aromatic heterocycles. The number of carbonyl (C=O) groups is 2. The Morgan fingerprint density at radius 3 is 2.52 bits per heavy atom. The lowest BCUT2D eigenvalue weighted by Gasteiger charge is -2.19. The van der Waals surface area contributed by atoms with Crippen LogP contribution in [0.15, 0.2) is 36.1 Å². The Bertz CT molecular complexity index is 942. The van der Waals surface area contributed by atoms with Gasteiger partial charge in [-0.3, -0.25) is 4.79 Å². The van der Waals surface area contributed by atoms with E-state index in [0.29, 0.717) is 40.1 Å². The number of Topliss-reactive ketones (excluding diaryl/α,β-unsaturated/α-hetero) is 1. The number of nitrogens with one attached hydrogen (secondary N) is 1. The van der Waals surface area contributed by atoms with Crippen molar-refractivity contribution in [3.63, 3.8) is 0 Å². The van der Waals surface area contributed by atoms with Crippen molar-refractivity contribution in [1.82, 2.24) is 0 Å². The van der Waals surface area contributed by atoms with Gasteiger partial charge in [0, 0.05) is 5.56 Å². The molecule has 0 unspecified atom stereocenters. The molecule has 0 atom stereocenters. The third-order valence-corrected chi connectivity index (χ3v) is 4.36. The first kappa shape index (κ1) is 18.7. The highest BCUT2D eigenvalue weighted by molar-refractivity contribution is 6.15. The maximum Gasteiger partial charge on any atom is 0.337 e. The van der Waals surface area contributed by atoms with Crippen molar-refractivity contribution < 1.29 is 29.1 Å². The van der Waals surface area contributed by atoms with Gasteiger partial charge in [0.15, 0.2) is 5.76 Å². The second-order valence-electron chi connectivity index (χ2n) is 6.81. The van der Waals surface area contributed by atoms with E-state index in [-0.39, 0.29) is 17.3 Å². The van der Waals surface area contributed by atoms with Gasteiger partial charge in [0.05, 0.1) is 32.3 Å². The molecule has 2 aromatic rings. The Balaban J connectivity index is 1.98. The van der Waals surface area contributed by atoms with Crippen molar-refractivity contribution in [2.45, 2.75) is 13.5 Å². The lowest BCUT2D eigenvalue weighted by Crippen LogP contribution is -3.04. The minimum Gasteiger partial charge on any atom is -0.872 e. The van der Waals surface area contributed by atoms with Crippen LogP contribution in [0.4, 0.5) is 0 Å². The zero-order chi connectivity index (χ0) is 19.7. The molecule has 1 aliphatic rings. The molecule has 6 nitrogen and oxygen atoms in total. The number of benzene rings is 2. The van der Waals surface area contributed by atoms with E-state index in [1.165, 1.54) is 13.2 Å². The molecule has 1 aliphatic heterocycles. The summed E-state index contributed by atoms with van der Waals surface area (Å²) < 4.78 is 10.5. The zero-order valence-corrected chi connectivity index (χ0v) is 15.7. The Morgan fingerprint density at radius 1 is 1.26 bits per heavy atom. The number of aryl methyl sites for hydroxylation is 1. The van der Waals surface area contributed by atoms with Gasteiger partial charge in [-0.2, -0.15) is 0 Å². The van der Waals surface area contributed by atoms with Crippen LogP contribution in [-0.2, 0) is 11.3 Å². The Hall–Kier alpha value is -3.12. The molecular formula is C21H21NO5. The Morgan fingerprint density at radius 2 is 1.93 bits per heavy atom. The molecule has 0 amide bonds. The summed E-state index contributed by atoms with van der Waals surface area (Å²) in [6.07, 6.45) is 1.61. The number of fused-ring (bicyclic) bond motifs is 1. The highest BCUT2D eigenvalue weighted by Gasteiger charge is 2.32. The zero-order valence-electron chi connectivity index (χ0n) is 15.7. The lowest BCUT2D eigenvalue weighted by molar-refractivity contribution is -0.872. The van der Waals surface area contributed by atoms with Crippen LogP contribution in [0.2, 0.25) is 0 Å². The molecule has 0 saturated heterocycles. The number of carbonyl (C=O) groups excluding carboxylic acids is 2. The van der Waals surface area contributed by atoms with Crippen LogP contribution in [0, 0.1) is 6.92 Å². The summed E-state index contributed by atoms with van der Waals surface area (Å²) >= 11 is 0. The number of hydrogen-bond donors (Lipinski definition) is 1. The second kappa shape index (κ2) is 7.25. The lowest BCUT2D eigenvalue weighted by atomic mass is 9.99. The SMILES string of the molecule is COC(=O)c1ccc(C=C2Oc3c(C[NH+](C)C)c([O-])cc(C)c3C2=O)cc1. The fourth-order valence-electron chi connectivity index (χ4n) is 3.07. The van der Waals surface area contributed by atoms with E-state index in [0.717, 1.165) is 4.90 Å². The summed E-state index contributed by atoms with van der Waals surface area (Å²) in [6, 6.07) is 8.14. The molecule has 0 aliphatic carbocycles. The van der Waals surface area contributed by atoms with Crippen LogP contribution < -0.4 is 14.7 Å². The van der Waals surface area contributed by atoms with Gasteiger partial charge in [-0.15, -0.1) is 0 Å². The van der Waals surface area contributed by atoms with E-state index in [1.807, 2.05) is 14.1 Å². The van der Waals surface area contributed by atoms with Crippen molar-refractivity contribution >= 4 is 17.8 Å². The fourth-order valence-corrected chi connectivity index (χ4v) is 3.07. The average molecular weight is 367 g/mol. The summed E-state index contributed by atoms with van der Waals surface area (Å²) in [5.74, 6) is -0.258. The number of ketones is 1. The van der Waals surface area contributed by atoms with Crippen molar-refractivity contribution in [2.75, 3.05) is 21.2 Å². The minimum absolute atomic E-state index is 0.121. The molecule has 0 saturated carbocycles. The van der Waals surface area contributed by atoms with Crippen LogP contribution in [0.3, 0.4) is 0 Å². The first-order chi connectivity index (χ1) is 12.8. The van der Waals surface area contributed by atoms with E-state index in [4.69, 9.17) is 4.74 Å². The summed E-state index contributed by atoms with van der Waals surface area (Å²) in [4.78, 5) is 25.4. The van der Waals surface area contributed by atoms with Gasteiger partial charge in [-0.25, -0.2) is 4.79 Å². The number of ether oxygens (including phenoxy) is 2. The molecule has 0 spiro atoms. The summed E-state index contributed by atoms with van der Waals surface area (Å²) in [6.45, 7) is 2.21. The van der Waals surface area contributed by atoms with Crippen LogP contribution in [0.1, 0.15) is 37.4 Å². The molecule has 0 bridgehead atoms. The number of rotatable bonds is 4. The standard InChI is InChI=1S/C21H21NO5/c1-12-9-16(23)15(11-22(2)3)20-18(12)19(24)17(27-20)10-13-5-7-14(8-6-13)21(25)26-4/h5-10,23H,11H2,1-4H3. The molecule has 27 heavy (non-hydrogen) atoms. The topological polar surface area (TPSA) is 80.1 Å². The van der Waals surface area contributed by atoms with Crippen LogP contribution >= 0.6 is 0 Å². The molecule has 0 radical (unpaired) electrons. The largest absolute Gasteiger partial charge is 0.872 e. The molecular weight excluding hydrogens is 346 g/mol. The predicted octanol–water partition coefficient (Wildman–Crippen LogP) is 1.12. The highest BCUT2D eigenvalue weighted by atomic mass is 16.5. The minimum atomic E-state index is -0.427. The first-order valence-electron chi connectivity index (χ1n) is 8.57. The van der Waals surface area contributed by atoms with E-state index in [1.54, 1.807) is 37.3 Å². The van der Waals surface area contributed by atoms with Gasteiger partial charge >= 0.3 is 5.97 Å². The van der Waals surface area contributed by atoms with Crippen LogP contribution in [-0.4, -0.2) is 33.0 Å². The smallest absolute Gasteiger partial charge is 0.337 e. The Kier molecular flexibility index (Phi) is 5.01. The quantitative estimate of drug-likeness (QED) is 0.647. The van der Waals surface area contributed by atoms with Gasteiger partial charge in [0.1, 0.15) is 12.3 Å². The number of hydrogen-bond acceptors (Lipinski definition) is 5. The highest BCUT2D eigenvalue weighted by Crippen LogP contribution is 2.40. The predicted molar refractivity (Wildman–Crippen MR) is 97.9 cm³/mol. The molecule has 2 aromatic carbocycles. The maximum absolute atomic E-state index is 12.8. The fraction of sp³-hybridized carbons (Fsp3) is 0.238. The van der Waals surface area contributed by atoms with Crippen LogP contribution in [0.5, 0.6) is 11.5 Å². The third-order valence-electron chi connectivity index (χ3n) is 4.36. The normalized spacial score (nSPS) is 14.4. The van der Waals surface area contributed by atoms with E-state index in [2.05, 4.69) is 4.74 Å². The first-order valence-corrected chi connectivity index (χ1v) is 8.57. The molecule has 0 fully saturated rings. The van der Waals surface area contributed by atoms with Crippen LogP contribution in [0.25, 0.3) is 6.08 Å². The number of esters is 1.